The van der Waals surface area contributed by atoms with E-state index in [-0.39, 0.29) is 18.2 Å². The number of nitrogens with one attached hydrogen (secondary N) is 1. The molecule has 4 N–H and O–H groups in total. The van der Waals surface area contributed by atoms with Gasteiger partial charge in [-0.3, -0.25) is 4.79 Å². The molecule has 0 fully saturated rings. The van der Waals surface area contributed by atoms with Crippen LogP contribution < -0.4 is 11.1 Å². The van der Waals surface area contributed by atoms with Crippen LogP contribution in [0.2, 0.25) is 0 Å². The van der Waals surface area contributed by atoms with Crippen molar-refractivity contribution in [2.45, 2.75) is 6.42 Å². The van der Waals surface area contributed by atoms with Crippen molar-refractivity contribution in [3.05, 3.63) is 64.1 Å². The Labute approximate surface area is 130 Å². The second-order valence-electron chi connectivity index (χ2n) is 4.42. The Balaban J connectivity index is 2.04. The second kappa shape index (κ2) is 6.90. The van der Waals surface area contributed by atoms with Crippen molar-refractivity contribution in [3.63, 3.8) is 0 Å². The number of halogens is 1. The molecule has 2 rings (SSSR count). The van der Waals surface area contributed by atoms with Crippen LogP contribution in [0.3, 0.4) is 0 Å². The lowest BCUT2D eigenvalue weighted by molar-refractivity contribution is -0.115. The van der Waals surface area contributed by atoms with Crippen LogP contribution >= 0.6 is 15.9 Å². The summed E-state index contributed by atoms with van der Waals surface area (Å²) in [6.07, 6.45) is 0.279. The molecule has 21 heavy (non-hydrogen) atoms. The number of hydrogen-bond acceptors (Lipinski definition) is 3. The van der Waals surface area contributed by atoms with Gasteiger partial charge in [-0.15, -0.1) is 0 Å². The van der Waals surface area contributed by atoms with Crippen molar-refractivity contribution in [1.82, 2.24) is 0 Å². The molecule has 6 heteroatoms. The van der Waals surface area contributed by atoms with E-state index in [9.17, 15) is 4.79 Å². The number of oxime groups is 1. The highest BCUT2D eigenvalue weighted by Gasteiger charge is 2.06. The number of amides is 1. The molecule has 0 heterocycles. The van der Waals surface area contributed by atoms with Gasteiger partial charge in [0.1, 0.15) is 0 Å². The predicted molar refractivity (Wildman–Crippen MR) is 85.4 cm³/mol. The van der Waals surface area contributed by atoms with Crippen molar-refractivity contribution < 1.29 is 10.0 Å². The van der Waals surface area contributed by atoms with Crippen molar-refractivity contribution in [3.8, 4) is 0 Å². The summed E-state index contributed by atoms with van der Waals surface area (Å²) < 4.78 is 0.970. The highest BCUT2D eigenvalue weighted by molar-refractivity contribution is 9.10. The van der Waals surface area contributed by atoms with E-state index in [2.05, 4.69) is 26.4 Å². The molecule has 0 spiro atoms. The Morgan fingerprint density at radius 1 is 1.24 bits per heavy atom. The Hall–Kier alpha value is -2.34. The van der Waals surface area contributed by atoms with E-state index in [1.165, 1.54) is 0 Å². The number of rotatable bonds is 4. The van der Waals surface area contributed by atoms with Crippen LogP contribution in [0.4, 0.5) is 5.69 Å². The minimum Gasteiger partial charge on any atom is -0.409 e. The van der Waals surface area contributed by atoms with Gasteiger partial charge in [0.15, 0.2) is 5.84 Å². The van der Waals surface area contributed by atoms with Crippen LogP contribution in [0.1, 0.15) is 11.1 Å². The van der Waals surface area contributed by atoms with Gasteiger partial charge in [-0.1, -0.05) is 45.4 Å². The van der Waals surface area contributed by atoms with Crippen LogP contribution in [-0.4, -0.2) is 17.0 Å². The first-order chi connectivity index (χ1) is 10.1. The van der Waals surface area contributed by atoms with E-state index in [4.69, 9.17) is 10.9 Å². The molecule has 0 aliphatic rings. The average Bonchev–Trinajstić information content (AvgIpc) is 2.49. The molecule has 2 aromatic rings. The van der Waals surface area contributed by atoms with Crippen molar-refractivity contribution >= 4 is 33.4 Å². The summed E-state index contributed by atoms with van der Waals surface area (Å²) in [5.41, 5.74) is 7.57. The third-order valence-electron chi connectivity index (χ3n) is 2.83. The lowest BCUT2D eigenvalue weighted by atomic mass is 10.1. The van der Waals surface area contributed by atoms with E-state index in [1.54, 1.807) is 24.3 Å². The van der Waals surface area contributed by atoms with Crippen LogP contribution in [0.15, 0.2) is 58.2 Å². The Morgan fingerprint density at radius 2 is 1.95 bits per heavy atom. The van der Waals surface area contributed by atoms with Crippen LogP contribution in [0.5, 0.6) is 0 Å². The number of carbonyl (C=O) groups is 1. The number of anilines is 1. The molecule has 108 valence electrons. The molecule has 0 aliphatic heterocycles. The number of carbonyl (C=O) groups excluding carboxylic acids is 1. The largest absolute Gasteiger partial charge is 0.409 e. The summed E-state index contributed by atoms with van der Waals surface area (Å²) in [7, 11) is 0. The van der Waals surface area contributed by atoms with Gasteiger partial charge in [-0.25, -0.2) is 0 Å². The minimum absolute atomic E-state index is 0.000918. The lowest BCUT2D eigenvalue weighted by Gasteiger charge is -2.07. The second-order valence-corrected chi connectivity index (χ2v) is 5.33. The molecular weight excluding hydrogens is 334 g/mol. The third kappa shape index (κ3) is 4.32. The Kier molecular flexibility index (Phi) is 4.94. The zero-order chi connectivity index (χ0) is 15.2. The standard InChI is InChI=1S/C15H14BrN3O2/c16-12-6-4-10(5-7-12)8-14(20)18-13-3-1-2-11(9-13)15(17)19-21/h1-7,9,21H,8H2,(H2,17,19)(H,18,20). The Bertz CT molecular complexity index is 669. The van der Waals surface area contributed by atoms with E-state index in [0.29, 0.717) is 11.3 Å². The van der Waals surface area contributed by atoms with E-state index >= 15 is 0 Å². The van der Waals surface area contributed by atoms with Gasteiger partial charge in [-0.05, 0) is 29.8 Å². The normalized spacial score (nSPS) is 11.2. The zero-order valence-electron chi connectivity index (χ0n) is 11.1. The highest BCUT2D eigenvalue weighted by atomic mass is 79.9. The molecule has 0 bridgehead atoms. The maximum Gasteiger partial charge on any atom is 0.228 e. The fraction of sp³-hybridized carbons (Fsp3) is 0.0667. The predicted octanol–water partition coefficient (Wildman–Crippen LogP) is 2.72. The van der Waals surface area contributed by atoms with Crippen LogP contribution in [0.25, 0.3) is 0 Å². The lowest BCUT2D eigenvalue weighted by Crippen LogP contribution is -2.16. The molecule has 0 aromatic heterocycles. The molecule has 0 saturated heterocycles. The molecule has 2 aromatic carbocycles. The van der Waals surface area contributed by atoms with Crippen molar-refractivity contribution in [2.75, 3.05) is 5.32 Å². The topological polar surface area (TPSA) is 87.7 Å². The van der Waals surface area contributed by atoms with Crippen molar-refractivity contribution in [2.24, 2.45) is 10.9 Å². The van der Waals surface area contributed by atoms with E-state index < -0.39 is 0 Å². The van der Waals surface area contributed by atoms with E-state index in [0.717, 1.165) is 10.0 Å². The van der Waals surface area contributed by atoms with Crippen molar-refractivity contribution in [1.29, 1.82) is 0 Å². The van der Waals surface area contributed by atoms with Gasteiger partial charge < -0.3 is 16.3 Å². The van der Waals surface area contributed by atoms with Gasteiger partial charge in [0, 0.05) is 15.7 Å². The first-order valence-electron chi connectivity index (χ1n) is 6.21. The minimum atomic E-state index is -0.131. The molecule has 5 nitrogen and oxygen atoms in total. The number of nitrogens with two attached hydrogens (primary N) is 1. The number of hydrogen-bond donors (Lipinski definition) is 3. The summed E-state index contributed by atoms with van der Waals surface area (Å²) in [6.45, 7) is 0. The maximum absolute atomic E-state index is 12.0. The maximum atomic E-state index is 12.0. The Morgan fingerprint density at radius 3 is 2.62 bits per heavy atom. The first kappa shape index (κ1) is 15.1. The van der Waals surface area contributed by atoms with Gasteiger partial charge in [0.2, 0.25) is 5.91 Å². The molecule has 0 saturated carbocycles. The SMILES string of the molecule is N/C(=N/O)c1cccc(NC(=O)Cc2ccc(Br)cc2)c1. The van der Waals surface area contributed by atoms with Gasteiger partial charge >= 0.3 is 0 Å². The molecular formula is C15H14BrN3O2. The average molecular weight is 348 g/mol. The van der Waals surface area contributed by atoms with Crippen LogP contribution in [-0.2, 0) is 11.2 Å². The molecule has 1 amide bonds. The van der Waals surface area contributed by atoms with E-state index in [1.807, 2.05) is 24.3 Å². The fourth-order valence-electron chi connectivity index (χ4n) is 1.81. The van der Waals surface area contributed by atoms with Gasteiger partial charge in [-0.2, -0.15) is 0 Å². The quantitative estimate of drug-likeness (QED) is 0.344. The molecule has 0 aliphatic carbocycles. The van der Waals surface area contributed by atoms with Gasteiger partial charge in [0.05, 0.1) is 6.42 Å². The summed E-state index contributed by atoms with van der Waals surface area (Å²) in [6, 6.07) is 14.4. The monoisotopic (exact) mass is 347 g/mol. The smallest absolute Gasteiger partial charge is 0.228 e. The summed E-state index contributed by atoms with van der Waals surface area (Å²) in [5.74, 6) is -0.131. The number of amidine groups is 1. The van der Waals surface area contributed by atoms with Crippen LogP contribution in [0, 0.1) is 0 Å². The molecule has 0 unspecified atom stereocenters. The van der Waals surface area contributed by atoms with Gasteiger partial charge in [0.25, 0.3) is 0 Å². The fourth-order valence-corrected chi connectivity index (χ4v) is 2.07. The summed E-state index contributed by atoms with van der Waals surface area (Å²) >= 11 is 3.35. The molecule has 0 atom stereocenters. The first-order valence-corrected chi connectivity index (χ1v) is 7.00. The summed E-state index contributed by atoms with van der Waals surface area (Å²) in [4.78, 5) is 12.0. The third-order valence-corrected chi connectivity index (χ3v) is 3.36. The zero-order valence-corrected chi connectivity index (χ0v) is 12.7. The number of nitrogens with zero attached hydrogens (tertiary/aromatic N) is 1. The highest BCUT2D eigenvalue weighted by Crippen LogP contribution is 2.13. The summed E-state index contributed by atoms with van der Waals surface area (Å²) in [5, 5.41) is 14.4. The number of benzene rings is 2. The molecule has 0 radical (unpaired) electrons.